The smallest absolute Gasteiger partial charge is 0.315 e. The van der Waals surface area contributed by atoms with Gasteiger partial charge in [0.25, 0.3) is 0 Å². The molecule has 0 aromatic heterocycles. The predicted molar refractivity (Wildman–Crippen MR) is 90.3 cm³/mol. The second-order valence-electron chi connectivity index (χ2n) is 6.42. The molecule has 7 nitrogen and oxygen atoms in total. The summed E-state index contributed by atoms with van der Waals surface area (Å²) in [5.41, 5.74) is 0.394. The van der Waals surface area contributed by atoms with E-state index in [9.17, 15) is 22.4 Å². The van der Waals surface area contributed by atoms with Gasteiger partial charge in [-0.1, -0.05) is 12.5 Å². The van der Waals surface area contributed by atoms with Crippen LogP contribution in [0.25, 0.3) is 0 Å². The zero-order chi connectivity index (χ0) is 18.0. The number of urea groups is 1. The number of fused-ring (bicyclic) bond motifs is 1. The van der Waals surface area contributed by atoms with Gasteiger partial charge < -0.3 is 16.0 Å². The molecule has 3 amide bonds. The minimum absolute atomic E-state index is 0.0405. The second-order valence-corrected chi connectivity index (χ2v) is 8.69. The zero-order valence-corrected chi connectivity index (χ0v) is 14.3. The summed E-state index contributed by atoms with van der Waals surface area (Å²) in [4.78, 5) is 23.2. The van der Waals surface area contributed by atoms with Crippen LogP contribution in [-0.2, 0) is 14.6 Å². The number of hydrogen-bond acceptors (Lipinski definition) is 4. The molecule has 0 aliphatic carbocycles. The number of amides is 3. The average molecular weight is 369 g/mol. The normalized spacial score (nSPS) is 26.6. The van der Waals surface area contributed by atoms with Gasteiger partial charge in [-0.05, 0) is 31.0 Å². The summed E-state index contributed by atoms with van der Waals surface area (Å²) in [7, 11) is -3.24. The lowest BCUT2D eigenvalue weighted by Gasteiger charge is -2.16. The SMILES string of the molecule is O=C(CCCC[C@@H]1[C@H]2NC(=O)N[C@@H]2CS1(=O)=O)Nc1cccc(F)c1. The topological polar surface area (TPSA) is 104 Å². The Hall–Kier alpha value is -2.16. The van der Waals surface area contributed by atoms with Crippen molar-refractivity contribution in [2.75, 3.05) is 11.1 Å². The third kappa shape index (κ3) is 4.09. The highest BCUT2D eigenvalue weighted by molar-refractivity contribution is 7.92. The summed E-state index contributed by atoms with van der Waals surface area (Å²) >= 11 is 0. The number of benzene rings is 1. The van der Waals surface area contributed by atoms with Gasteiger partial charge in [0.05, 0.1) is 23.1 Å². The van der Waals surface area contributed by atoms with Gasteiger partial charge in [-0.2, -0.15) is 0 Å². The summed E-state index contributed by atoms with van der Waals surface area (Å²) < 4.78 is 37.4. The first kappa shape index (κ1) is 17.7. The fourth-order valence-corrected chi connectivity index (χ4v) is 5.70. The van der Waals surface area contributed by atoms with Crippen LogP contribution in [0.3, 0.4) is 0 Å². The van der Waals surface area contributed by atoms with Gasteiger partial charge in [-0.25, -0.2) is 17.6 Å². The molecule has 136 valence electrons. The Morgan fingerprint density at radius 2 is 2.08 bits per heavy atom. The molecule has 3 N–H and O–H groups in total. The molecule has 2 aliphatic heterocycles. The van der Waals surface area contributed by atoms with Crippen LogP contribution in [-0.4, -0.2) is 43.4 Å². The largest absolute Gasteiger partial charge is 0.332 e. The van der Waals surface area contributed by atoms with Crippen molar-refractivity contribution in [1.82, 2.24) is 10.6 Å². The van der Waals surface area contributed by atoms with Gasteiger partial charge in [0.1, 0.15) is 5.82 Å². The fraction of sp³-hybridized carbons (Fsp3) is 0.500. The molecular formula is C16H20FN3O4S. The molecule has 25 heavy (non-hydrogen) atoms. The number of rotatable bonds is 6. The van der Waals surface area contributed by atoms with E-state index in [1.54, 1.807) is 6.07 Å². The summed E-state index contributed by atoms with van der Waals surface area (Å²) in [6.07, 6.45) is 1.70. The van der Waals surface area contributed by atoms with Crippen molar-refractivity contribution in [2.45, 2.75) is 43.0 Å². The van der Waals surface area contributed by atoms with Crippen molar-refractivity contribution < 1.29 is 22.4 Å². The Morgan fingerprint density at radius 3 is 2.84 bits per heavy atom. The first-order chi connectivity index (χ1) is 11.8. The van der Waals surface area contributed by atoms with Crippen molar-refractivity contribution in [1.29, 1.82) is 0 Å². The quantitative estimate of drug-likeness (QED) is 0.517. The van der Waals surface area contributed by atoms with Gasteiger partial charge in [0, 0.05) is 12.1 Å². The molecule has 0 unspecified atom stereocenters. The van der Waals surface area contributed by atoms with Crippen LogP contribution in [0.5, 0.6) is 0 Å². The van der Waals surface area contributed by atoms with Crippen LogP contribution in [0, 0.1) is 5.82 Å². The van der Waals surface area contributed by atoms with Gasteiger partial charge in [0.2, 0.25) is 5.91 Å². The standard InChI is InChI=1S/C16H20FN3O4S/c17-10-4-3-5-11(8-10)18-14(21)7-2-1-6-13-15-12(9-25(13,23)24)19-16(22)20-15/h3-5,8,12-13,15H,1-2,6-7,9H2,(H,18,21)(H2,19,20,22)/t12-,13-,15+/m1/s1. The maximum Gasteiger partial charge on any atom is 0.315 e. The Morgan fingerprint density at radius 1 is 1.28 bits per heavy atom. The lowest BCUT2D eigenvalue weighted by atomic mass is 10.0. The first-order valence-electron chi connectivity index (χ1n) is 8.19. The van der Waals surface area contributed by atoms with E-state index in [0.29, 0.717) is 24.9 Å². The Kier molecular flexibility index (Phi) is 4.94. The van der Waals surface area contributed by atoms with Gasteiger partial charge in [0.15, 0.2) is 9.84 Å². The molecule has 1 aromatic rings. The van der Waals surface area contributed by atoms with Crippen molar-refractivity contribution in [3.05, 3.63) is 30.1 Å². The Labute approximate surface area is 145 Å². The number of unbranched alkanes of at least 4 members (excludes halogenated alkanes) is 1. The summed E-state index contributed by atoms with van der Waals surface area (Å²) in [5, 5.41) is 7.28. The third-order valence-corrected chi connectivity index (χ3v) is 6.85. The number of carbonyl (C=O) groups is 2. The molecule has 2 saturated heterocycles. The number of hydrogen-bond donors (Lipinski definition) is 3. The Bertz CT molecular complexity index is 783. The molecule has 3 rings (SSSR count). The van der Waals surface area contributed by atoms with Crippen LogP contribution in [0.2, 0.25) is 0 Å². The molecule has 0 bridgehead atoms. The van der Waals surface area contributed by atoms with Crippen LogP contribution in [0.1, 0.15) is 25.7 Å². The first-order valence-corrected chi connectivity index (χ1v) is 9.91. The van der Waals surface area contributed by atoms with E-state index in [1.807, 2.05) is 0 Å². The highest BCUT2D eigenvalue weighted by Crippen LogP contribution is 2.28. The molecule has 2 fully saturated rings. The van der Waals surface area contributed by atoms with Crippen LogP contribution in [0.15, 0.2) is 24.3 Å². The molecule has 1 aromatic carbocycles. The minimum Gasteiger partial charge on any atom is -0.332 e. The van der Waals surface area contributed by atoms with Crippen molar-refractivity contribution in [2.24, 2.45) is 0 Å². The number of halogens is 1. The van der Waals surface area contributed by atoms with E-state index in [4.69, 9.17) is 0 Å². The maximum atomic E-state index is 13.1. The summed E-state index contributed by atoms with van der Waals surface area (Å²) in [5.74, 6) is -0.708. The van der Waals surface area contributed by atoms with Gasteiger partial charge >= 0.3 is 6.03 Å². The number of anilines is 1. The van der Waals surface area contributed by atoms with E-state index >= 15 is 0 Å². The van der Waals surface area contributed by atoms with Crippen molar-refractivity contribution >= 4 is 27.5 Å². The number of carbonyl (C=O) groups excluding carboxylic acids is 2. The Balaban J connectivity index is 1.45. The molecule has 3 atom stereocenters. The van der Waals surface area contributed by atoms with E-state index < -0.39 is 26.9 Å². The third-order valence-electron chi connectivity index (χ3n) is 4.57. The predicted octanol–water partition coefficient (Wildman–Crippen LogP) is 1.17. The molecule has 0 saturated carbocycles. The van der Waals surface area contributed by atoms with Crippen molar-refractivity contribution in [3.8, 4) is 0 Å². The lowest BCUT2D eigenvalue weighted by molar-refractivity contribution is -0.116. The van der Waals surface area contributed by atoms with Crippen LogP contribution < -0.4 is 16.0 Å². The van der Waals surface area contributed by atoms with Gasteiger partial charge in [-0.15, -0.1) is 0 Å². The van der Waals surface area contributed by atoms with E-state index in [0.717, 1.165) is 0 Å². The number of nitrogens with one attached hydrogen (secondary N) is 3. The monoisotopic (exact) mass is 369 g/mol. The molecule has 2 aliphatic rings. The van der Waals surface area contributed by atoms with Gasteiger partial charge in [-0.3, -0.25) is 4.79 Å². The molecule has 0 radical (unpaired) electrons. The average Bonchev–Trinajstić information content (AvgIpc) is 2.96. The van der Waals surface area contributed by atoms with Crippen molar-refractivity contribution in [3.63, 3.8) is 0 Å². The van der Waals surface area contributed by atoms with Crippen LogP contribution in [0.4, 0.5) is 14.9 Å². The van der Waals surface area contributed by atoms with E-state index in [-0.39, 0.29) is 30.2 Å². The lowest BCUT2D eigenvalue weighted by Crippen LogP contribution is -2.39. The van der Waals surface area contributed by atoms with E-state index in [1.165, 1.54) is 18.2 Å². The molecule has 0 spiro atoms. The zero-order valence-electron chi connectivity index (χ0n) is 13.5. The molecule has 9 heteroatoms. The molecular weight excluding hydrogens is 349 g/mol. The highest BCUT2D eigenvalue weighted by Gasteiger charge is 2.51. The molecule has 2 heterocycles. The maximum absolute atomic E-state index is 13.1. The van der Waals surface area contributed by atoms with E-state index in [2.05, 4.69) is 16.0 Å². The second kappa shape index (κ2) is 6.99. The summed E-state index contributed by atoms with van der Waals surface area (Å²) in [6.45, 7) is 0. The number of sulfone groups is 1. The summed E-state index contributed by atoms with van der Waals surface area (Å²) in [6, 6.07) is 4.56. The fourth-order valence-electron chi connectivity index (χ4n) is 3.43. The minimum atomic E-state index is -3.24. The highest BCUT2D eigenvalue weighted by atomic mass is 32.2. The van der Waals surface area contributed by atoms with Crippen LogP contribution >= 0.6 is 0 Å².